The summed E-state index contributed by atoms with van der Waals surface area (Å²) in [6.07, 6.45) is 3.52. The Morgan fingerprint density at radius 1 is 0.897 bits per heavy atom. The highest BCUT2D eigenvalue weighted by molar-refractivity contribution is 7.21. The lowest BCUT2D eigenvalue weighted by molar-refractivity contribution is 0.563. The zero-order valence-electron chi connectivity index (χ0n) is 21.5. The van der Waals surface area contributed by atoms with Crippen LogP contribution in [-0.4, -0.2) is 28.0 Å². The van der Waals surface area contributed by atoms with Crippen LogP contribution in [0.15, 0.2) is 94.4 Å². The Hall–Kier alpha value is -4.80. The molecule has 0 amide bonds. The van der Waals surface area contributed by atoms with Crippen LogP contribution in [0.5, 0.6) is 0 Å². The molecule has 0 N–H and O–H groups in total. The van der Waals surface area contributed by atoms with Crippen molar-refractivity contribution in [3.05, 3.63) is 107 Å². The number of benzene rings is 2. The minimum atomic E-state index is -0.398. The largest absolute Gasteiger partial charge is 0.422 e. The van der Waals surface area contributed by atoms with Gasteiger partial charge in [0, 0.05) is 48.1 Å². The average molecular weight is 529 g/mol. The van der Waals surface area contributed by atoms with Crippen molar-refractivity contribution in [2.24, 2.45) is 0 Å². The predicted molar refractivity (Wildman–Crippen MR) is 158 cm³/mol. The summed E-state index contributed by atoms with van der Waals surface area (Å²) in [5, 5.41) is 1.44. The minimum absolute atomic E-state index is 0.398. The van der Waals surface area contributed by atoms with E-state index in [9.17, 15) is 4.79 Å². The molecule has 0 aliphatic rings. The fourth-order valence-corrected chi connectivity index (χ4v) is 5.46. The first kappa shape index (κ1) is 24.5. The van der Waals surface area contributed by atoms with Gasteiger partial charge in [0.15, 0.2) is 0 Å². The highest BCUT2D eigenvalue weighted by Gasteiger charge is 2.16. The van der Waals surface area contributed by atoms with Crippen molar-refractivity contribution in [2.75, 3.05) is 18.0 Å². The molecule has 6 rings (SSSR count). The van der Waals surface area contributed by atoms with Gasteiger partial charge in [0.2, 0.25) is 0 Å². The number of hydrogen-bond donors (Lipinski definition) is 0. The first-order valence-electron chi connectivity index (χ1n) is 12.7. The molecule has 0 bridgehead atoms. The van der Waals surface area contributed by atoms with Crippen LogP contribution in [0.25, 0.3) is 43.1 Å². The minimum Gasteiger partial charge on any atom is -0.422 e. The molecule has 2 aromatic carbocycles. The van der Waals surface area contributed by atoms with E-state index < -0.39 is 5.63 Å². The van der Waals surface area contributed by atoms with Gasteiger partial charge in [-0.15, -0.1) is 11.3 Å². The van der Waals surface area contributed by atoms with Crippen LogP contribution in [0.4, 0.5) is 5.69 Å². The van der Waals surface area contributed by atoms with Crippen LogP contribution in [0.3, 0.4) is 0 Å². The number of fused-ring (bicyclic) bond motifs is 2. The molecular formula is C32H24N4O2S. The Kier molecular flexibility index (Phi) is 6.62. The fraction of sp³-hybridized carbons (Fsp3) is 0.125. The summed E-state index contributed by atoms with van der Waals surface area (Å²) in [7, 11) is 0. The van der Waals surface area contributed by atoms with Crippen molar-refractivity contribution >= 4 is 38.2 Å². The maximum atomic E-state index is 13.0. The first-order valence-corrected chi connectivity index (χ1v) is 13.6. The van der Waals surface area contributed by atoms with Gasteiger partial charge in [-0.1, -0.05) is 30.0 Å². The monoisotopic (exact) mass is 528 g/mol. The van der Waals surface area contributed by atoms with Gasteiger partial charge in [-0.25, -0.2) is 9.78 Å². The number of rotatable bonds is 5. The summed E-state index contributed by atoms with van der Waals surface area (Å²) < 4.78 is 6.84. The molecule has 4 aromatic heterocycles. The van der Waals surface area contributed by atoms with E-state index in [1.807, 2.05) is 72.8 Å². The van der Waals surface area contributed by atoms with E-state index in [2.05, 4.69) is 45.5 Å². The molecule has 0 aliphatic heterocycles. The average Bonchev–Trinajstić information content (AvgIpc) is 3.41. The lowest BCUT2D eigenvalue weighted by atomic mass is 10.1. The highest BCUT2D eigenvalue weighted by Crippen LogP contribution is 2.32. The van der Waals surface area contributed by atoms with E-state index in [4.69, 9.17) is 4.42 Å². The van der Waals surface area contributed by atoms with Crippen molar-refractivity contribution in [3.8, 4) is 33.8 Å². The van der Waals surface area contributed by atoms with Gasteiger partial charge >= 0.3 is 5.63 Å². The van der Waals surface area contributed by atoms with Gasteiger partial charge in [-0.3, -0.25) is 9.97 Å². The van der Waals surface area contributed by atoms with Gasteiger partial charge in [0.05, 0.1) is 32.9 Å². The molecule has 39 heavy (non-hydrogen) atoms. The summed E-state index contributed by atoms with van der Waals surface area (Å²) in [4.78, 5) is 28.8. The second kappa shape index (κ2) is 10.5. The number of nitrogens with zero attached hydrogens (tertiary/aromatic N) is 4. The molecule has 0 radical (unpaired) electrons. The SMILES string of the molecule is CCN(CC)c1cc2oc(=O)c(-c3nc4ccccc4s3)cc2cc1C#Cc1ccc(-c2ccccn2)nc1. The molecule has 0 atom stereocenters. The van der Waals surface area contributed by atoms with Crippen molar-refractivity contribution in [2.45, 2.75) is 13.8 Å². The quantitative estimate of drug-likeness (QED) is 0.182. The summed E-state index contributed by atoms with van der Waals surface area (Å²) >= 11 is 1.48. The van der Waals surface area contributed by atoms with Gasteiger partial charge in [-0.05, 0) is 62.4 Å². The Labute approximate surface area is 229 Å². The molecule has 7 heteroatoms. The summed E-state index contributed by atoms with van der Waals surface area (Å²) in [5.41, 5.74) is 5.64. The van der Waals surface area contributed by atoms with Gasteiger partial charge < -0.3 is 9.32 Å². The number of thiazole rings is 1. The predicted octanol–water partition coefficient (Wildman–Crippen LogP) is 6.77. The first-order chi connectivity index (χ1) is 19.1. The van der Waals surface area contributed by atoms with Crippen molar-refractivity contribution in [3.63, 3.8) is 0 Å². The van der Waals surface area contributed by atoms with Gasteiger partial charge in [0.25, 0.3) is 0 Å². The molecule has 4 heterocycles. The lowest BCUT2D eigenvalue weighted by Gasteiger charge is -2.22. The van der Waals surface area contributed by atoms with Crippen LogP contribution in [-0.2, 0) is 0 Å². The number of aromatic nitrogens is 3. The third-order valence-corrected chi connectivity index (χ3v) is 7.58. The van der Waals surface area contributed by atoms with Crippen molar-refractivity contribution in [1.29, 1.82) is 0 Å². The summed E-state index contributed by atoms with van der Waals surface area (Å²) in [6.45, 7) is 5.78. The molecule has 0 saturated carbocycles. The Bertz CT molecular complexity index is 1880. The molecule has 6 aromatic rings. The molecule has 0 spiro atoms. The molecule has 190 valence electrons. The van der Waals surface area contributed by atoms with Crippen LogP contribution in [0, 0.1) is 11.8 Å². The van der Waals surface area contributed by atoms with E-state index in [1.54, 1.807) is 12.4 Å². The van der Waals surface area contributed by atoms with Gasteiger partial charge in [0.1, 0.15) is 10.6 Å². The lowest BCUT2D eigenvalue weighted by Crippen LogP contribution is -2.22. The normalized spacial score (nSPS) is 10.9. The number of anilines is 1. The Morgan fingerprint density at radius 2 is 1.72 bits per heavy atom. The zero-order valence-corrected chi connectivity index (χ0v) is 22.3. The third kappa shape index (κ3) is 4.90. The van der Waals surface area contributed by atoms with Crippen molar-refractivity contribution in [1.82, 2.24) is 15.0 Å². The molecule has 6 nitrogen and oxygen atoms in total. The number of hydrogen-bond acceptors (Lipinski definition) is 7. The number of para-hydroxylation sites is 1. The molecule has 0 fully saturated rings. The topological polar surface area (TPSA) is 72.1 Å². The maximum absolute atomic E-state index is 13.0. The Balaban J connectivity index is 1.43. The Morgan fingerprint density at radius 3 is 2.46 bits per heavy atom. The fourth-order valence-electron chi connectivity index (χ4n) is 4.49. The smallest absolute Gasteiger partial charge is 0.346 e. The maximum Gasteiger partial charge on any atom is 0.346 e. The second-order valence-electron chi connectivity index (χ2n) is 8.91. The van der Waals surface area contributed by atoms with E-state index >= 15 is 0 Å². The standard InChI is InChI=1S/C32H24N4O2S/c1-3-36(4-2)28-19-29-23(18-24(32(37)38-29)31-35-27-10-5-6-11-30(27)39-31)17-22(28)14-12-21-13-15-26(34-20-21)25-9-7-8-16-33-25/h5-11,13,15-20H,3-4H2,1-2H3. The van der Waals surface area contributed by atoms with Gasteiger partial charge in [-0.2, -0.15) is 0 Å². The molecule has 0 aliphatic carbocycles. The summed E-state index contributed by atoms with van der Waals surface area (Å²) in [5.74, 6) is 6.61. The van der Waals surface area contributed by atoms with E-state index in [0.29, 0.717) is 16.2 Å². The molecule has 0 saturated heterocycles. The highest BCUT2D eigenvalue weighted by atomic mass is 32.1. The molecular weight excluding hydrogens is 504 g/mol. The van der Waals surface area contributed by atoms with Crippen LogP contribution in [0.2, 0.25) is 0 Å². The molecule has 0 unspecified atom stereocenters. The second-order valence-corrected chi connectivity index (χ2v) is 9.94. The van der Waals surface area contributed by atoms with E-state index in [1.165, 1.54) is 11.3 Å². The van der Waals surface area contributed by atoms with Crippen LogP contribution >= 0.6 is 11.3 Å². The van der Waals surface area contributed by atoms with Crippen molar-refractivity contribution < 1.29 is 4.42 Å². The van der Waals surface area contributed by atoms with Crippen LogP contribution in [0.1, 0.15) is 25.0 Å². The number of pyridine rings is 2. The van der Waals surface area contributed by atoms with E-state index in [0.717, 1.165) is 56.9 Å². The van der Waals surface area contributed by atoms with Crippen LogP contribution < -0.4 is 10.5 Å². The third-order valence-electron chi connectivity index (χ3n) is 6.51. The summed E-state index contributed by atoms with van der Waals surface area (Å²) in [6, 6.07) is 23.3. The van der Waals surface area contributed by atoms with E-state index in [-0.39, 0.29) is 0 Å². The zero-order chi connectivity index (χ0) is 26.8.